The van der Waals surface area contributed by atoms with E-state index in [4.69, 9.17) is 5.10 Å². The number of para-hydroxylation sites is 1. The summed E-state index contributed by atoms with van der Waals surface area (Å²) in [5.74, 6) is 0. The van der Waals surface area contributed by atoms with Crippen molar-refractivity contribution in [3.63, 3.8) is 0 Å². The van der Waals surface area contributed by atoms with E-state index in [-0.39, 0.29) is 0 Å². The quantitative estimate of drug-likeness (QED) is 0.607. The minimum atomic E-state index is 0.940. The lowest BCUT2D eigenvalue weighted by Gasteiger charge is -2.04. The Hall–Kier alpha value is -2.88. The molecule has 0 unspecified atom stereocenters. The van der Waals surface area contributed by atoms with Crippen molar-refractivity contribution in [1.29, 1.82) is 0 Å². The first kappa shape index (κ1) is 12.6. The first-order valence-electron chi connectivity index (χ1n) is 7.99. The number of pyridine rings is 1. The first-order valence-corrected chi connectivity index (χ1v) is 7.99. The van der Waals surface area contributed by atoms with E-state index in [1.807, 2.05) is 24.4 Å². The van der Waals surface area contributed by atoms with Crippen LogP contribution in [0.4, 0.5) is 0 Å². The van der Waals surface area contributed by atoms with E-state index in [0.29, 0.717) is 0 Å². The summed E-state index contributed by atoms with van der Waals surface area (Å²) in [6, 6.07) is 14.4. The molecule has 0 aliphatic carbocycles. The van der Waals surface area contributed by atoms with Gasteiger partial charge < -0.3 is 4.98 Å². The van der Waals surface area contributed by atoms with Gasteiger partial charge in [0.05, 0.1) is 5.69 Å². The van der Waals surface area contributed by atoms with Crippen LogP contribution in [0.5, 0.6) is 0 Å². The Morgan fingerprint density at radius 3 is 2.87 bits per heavy atom. The van der Waals surface area contributed by atoms with Gasteiger partial charge in [-0.1, -0.05) is 24.3 Å². The zero-order chi connectivity index (χ0) is 15.2. The smallest absolute Gasteiger partial charge is 0.119 e. The van der Waals surface area contributed by atoms with E-state index in [9.17, 15) is 0 Å². The highest BCUT2D eigenvalue weighted by Gasteiger charge is 2.25. The van der Waals surface area contributed by atoms with E-state index in [1.165, 1.54) is 28.6 Å². The van der Waals surface area contributed by atoms with Gasteiger partial charge in [-0.2, -0.15) is 5.10 Å². The summed E-state index contributed by atoms with van der Waals surface area (Å²) >= 11 is 0. The van der Waals surface area contributed by atoms with Gasteiger partial charge in [-0.3, -0.25) is 9.67 Å². The van der Waals surface area contributed by atoms with Crippen LogP contribution in [-0.2, 0) is 13.0 Å². The van der Waals surface area contributed by atoms with Crippen LogP contribution in [-0.4, -0.2) is 19.7 Å². The van der Waals surface area contributed by atoms with E-state index >= 15 is 0 Å². The van der Waals surface area contributed by atoms with Crippen LogP contribution in [0.2, 0.25) is 0 Å². The van der Waals surface area contributed by atoms with Gasteiger partial charge in [-0.25, -0.2) is 0 Å². The topological polar surface area (TPSA) is 46.5 Å². The van der Waals surface area contributed by atoms with Crippen molar-refractivity contribution in [2.75, 3.05) is 0 Å². The van der Waals surface area contributed by atoms with Gasteiger partial charge in [0.25, 0.3) is 0 Å². The van der Waals surface area contributed by atoms with Crippen molar-refractivity contribution >= 4 is 10.9 Å². The maximum atomic E-state index is 4.86. The predicted molar refractivity (Wildman–Crippen MR) is 91.1 cm³/mol. The minimum Gasteiger partial charge on any atom is -0.361 e. The second-order valence-electron chi connectivity index (χ2n) is 5.96. The van der Waals surface area contributed by atoms with E-state index < -0.39 is 0 Å². The zero-order valence-electron chi connectivity index (χ0n) is 12.7. The molecule has 0 saturated heterocycles. The molecular weight excluding hydrogens is 284 g/mol. The number of hydrogen-bond acceptors (Lipinski definition) is 2. The van der Waals surface area contributed by atoms with Crippen LogP contribution in [0.1, 0.15) is 12.1 Å². The van der Waals surface area contributed by atoms with Gasteiger partial charge in [0.1, 0.15) is 5.69 Å². The summed E-state index contributed by atoms with van der Waals surface area (Å²) in [6.45, 7) is 0.998. The van der Waals surface area contributed by atoms with E-state index in [0.717, 1.165) is 29.9 Å². The van der Waals surface area contributed by atoms with Gasteiger partial charge >= 0.3 is 0 Å². The molecule has 1 aliphatic heterocycles. The highest BCUT2D eigenvalue weighted by molar-refractivity contribution is 5.99. The van der Waals surface area contributed by atoms with Crippen LogP contribution in [0.3, 0.4) is 0 Å². The van der Waals surface area contributed by atoms with Crippen LogP contribution in [0, 0.1) is 0 Å². The molecule has 4 nitrogen and oxygen atoms in total. The second kappa shape index (κ2) is 4.81. The maximum absolute atomic E-state index is 4.86. The van der Waals surface area contributed by atoms with Crippen molar-refractivity contribution in [3.05, 3.63) is 60.6 Å². The van der Waals surface area contributed by atoms with E-state index in [1.54, 1.807) is 0 Å². The molecule has 4 heteroatoms. The van der Waals surface area contributed by atoms with Gasteiger partial charge in [0.2, 0.25) is 0 Å². The van der Waals surface area contributed by atoms with E-state index in [2.05, 4.69) is 45.1 Å². The number of benzene rings is 1. The lowest BCUT2D eigenvalue weighted by molar-refractivity contribution is 0.658. The van der Waals surface area contributed by atoms with Crippen molar-refractivity contribution in [2.45, 2.75) is 19.4 Å². The average molecular weight is 300 g/mol. The third-order valence-corrected chi connectivity index (χ3v) is 4.61. The van der Waals surface area contributed by atoms with Crippen molar-refractivity contribution in [1.82, 2.24) is 19.7 Å². The number of nitrogens with one attached hydrogen (secondary N) is 1. The maximum Gasteiger partial charge on any atom is 0.119 e. The Labute approximate surface area is 133 Å². The third kappa shape index (κ3) is 1.84. The molecule has 0 bridgehead atoms. The number of aromatic nitrogens is 4. The average Bonchev–Trinajstić information content (AvgIpc) is 3.29. The summed E-state index contributed by atoms with van der Waals surface area (Å²) in [7, 11) is 0. The molecule has 0 spiro atoms. The summed E-state index contributed by atoms with van der Waals surface area (Å²) in [5, 5.41) is 6.11. The van der Waals surface area contributed by atoms with Crippen molar-refractivity contribution in [2.24, 2.45) is 0 Å². The monoisotopic (exact) mass is 300 g/mol. The summed E-state index contributed by atoms with van der Waals surface area (Å²) in [6.07, 6.45) is 6.18. The Kier molecular flexibility index (Phi) is 2.65. The van der Waals surface area contributed by atoms with Crippen LogP contribution >= 0.6 is 0 Å². The molecule has 4 heterocycles. The molecule has 5 rings (SSSR count). The standard InChI is InChI=1S/C19H16N4/c1-2-7-15-13(6-1)14(12-21-15)18-17-9-5-11-23(17)22-19(18)16-8-3-4-10-20-16/h1-4,6-8,10,12,21H,5,9,11H2. The Balaban J connectivity index is 1.82. The summed E-state index contributed by atoms with van der Waals surface area (Å²) in [4.78, 5) is 7.92. The summed E-state index contributed by atoms with van der Waals surface area (Å²) in [5.41, 5.74) is 6.88. The van der Waals surface area contributed by atoms with Crippen LogP contribution < -0.4 is 0 Å². The Morgan fingerprint density at radius 1 is 1.04 bits per heavy atom. The number of H-pyrrole nitrogens is 1. The minimum absolute atomic E-state index is 0.940. The fourth-order valence-electron chi connectivity index (χ4n) is 3.58. The van der Waals surface area contributed by atoms with Gasteiger partial charge in [-0.05, 0) is 31.0 Å². The number of nitrogens with zero attached hydrogens (tertiary/aromatic N) is 3. The van der Waals surface area contributed by atoms with Crippen molar-refractivity contribution < 1.29 is 0 Å². The second-order valence-corrected chi connectivity index (χ2v) is 5.96. The molecule has 23 heavy (non-hydrogen) atoms. The molecule has 112 valence electrons. The number of fused-ring (bicyclic) bond motifs is 2. The zero-order valence-corrected chi connectivity index (χ0v) is 12.7. The molecule has 0 atom stereocenters. The van der Waals surface area contributed by atoms with Gasteiger partial charge in [-0.15, -0.1) is 0 Å². The summed E-state index contributed by atoms with van der Waals surface area (Å²) < 4.78 is 2.15. The highest BCUT2D eigenvalue weighted by atomic mass is 15.3. The number of aromatic amines is 1. The van der Waals surface area contributed by atoms with Gasteiger partial charge in [0.15, 0.2) is 0 Å². The molecule has 0 saturated carbocycles. The SMILES string of the molecule is c1ccc(-c2nn3c(c2-c2c[nH]c4ccccc24)CCC3)nc1. The number of rotatable bonds is 2. The molecule has 3 aromatic heterocycles. The number of hydrogen-bond donors (Lipinski definition) is 1. The molecule has 4 aromatic rings. The fraction of sp³-hybridized carbons (Fsp3) is 0.158. The van der Waals surface area contributed by atoms with Crippen LogP contribution in [0.15, 0.2) is 54.9 Å². The fourth-order valence-corrected chi connectivity index (χ4v) is 3.58. The molecule has 0 amide bonds. The largest absolute Gasteiger partial charge is 0.361 e. The molecule has 0 radical (unpaired) electrons. The number of aryl methyl sites for hydroxylation is 1. The lowest BCUT2D eigenvalue weighted by Crippen LogP contribution is -1.94. The molecule has 0 fully saturated rings. The third-order valence-electron chi connectivity index (χ3n) is 4.61. The molecule has 1 aromatic carbocycles. The first-order chi connectivity index (χ1) is 11.4. The molecule has 1 aliphatic rings. The van der Waals surface area contributed by atoms with Crippen LogP contribution in [0.25, 0.3) is 33.4 Å². The lowest BCUT2D eigenvalue weighted by atomic mass is 9.99. The molecular formula is C19H16N4. The Bertz CT molecular complexity index is 995. The highest BCUT2D eigenvalue weighted by Crippen LogP contribution is 2.39. The van der Waals surface area contributed by atoms with Gasteiger partial charge in [0, 0.05) is 46.7 Å². The predicted octanol–water partition coefficient (Wildman–Crippen LogP) is 4.04. The van der Waals surface area contributed by atoms with Crippen molar-refractivity contribution in [3.8, 4) is 22.5 Å². The Morgan fingerprint density at radius 2 is 1.96 bits per heavy atom. The normalized spacial score (nSPS) is 13.6. The molecule has 1 N–H and O–H groups in total.